The Morgan fingerprint density at radius 1 is 1.08 bits per heavy atom. The molecule has 2 aromatic carbocycles. The van der Waals surface area contributed by atoms with Crippen molar-refractivity contribution in [2.24, 2.45) is 0 Å². The lowest BCUT2D eigenvalue weighted by Gasteiger charge is -2.10. The minimum atomic E-state index is -3.67. The molecule has 0 amide bonds. The highest BCUT2D eigenvalue weighted by Crippen LogP contribution is 2.33. The Morgan fingerprint density at radius 2 is 1.92 bits per heavy atom. The molecule has 5 aromatic rings. The molecule has 5 rings (SSSR count). The summed E-state index contributed by atoms with van der Waals surface area (Å²) in [6.07, 6.45) is 3.49. The average Bonchev–Trinajstić information content (AvgIpc) is 3.48. The van der Waals surface area contributed by atoms with Crippen LogP contribution in [-0.4, -0.2) is 48.0 Å². The van der Waals surface area contributed by atoms with E-state index in [0.717, 1.165) is 4.96 Å². The lowest BCUT2D eigenvalue weighted by molar-refractivity contribution is 0.414. The third kappa shape index (κ3) is 4.91. The lowest BCUT2D eigenvalue weighted by atomic mass is 10.1. The van der Waals surface area contributed by atoms with E-state index in [1.807, 2.05) is 16.0 Å². The number of hydrogen-bond acceptors (Lipinski definition) is 8. The minimum absolute atomic E-state index is 0.123. The number of halogens is 1. The molecule has 3 aromatic heterocycles. The standard InChI is InChI=1S/C24H21FN6O3S2/c1-34-18-5-7-19(8-6-18)36(32,33)28-12-11-27-23-26-10-9-20(29-23)22-21(16-3-2-4-17(25)15-16)30-24-31(22)13-14-35-24/h2-10,13-15,28H,11-12H2,1H3,(H,26,27,29). The number of ether oxygens (including phenoxy) is 1. The molecule has 3 heterocycles. The van der Waals surface area contributed by atoms with Crippen molar-refractivity contribution < 1.29 is 17.5 Å². The van der Waals surface area contributed by atoms with Crippen LogP contribution in [-0.2, 0) is 10.0 Å². The van der Waals surface area contributed by atoms with Crippen LogP contribution in [0.15, 0.2) is 77.3 Å². The van der Waals surface area contributed by atoms with Gasteiger partial charge in [0, 0.05) is 36.4 Å². The van der Waals surface area contributed by atoms with Crippen LogP contribution in [0, 0.1) is 5.82 Å². The zero-order valence-electron chi connectivity index (χ0n) is 19.1. The second kappa shape index (κ2) is 10.0. The summed E-state index contributed by atoms with van der Waals surface area (Å²) in [5, 5.41) is 4.96. The quantitative estimate of drug-likeness (QED) is 0.280. The molecule has 9 nitrogen and oxygen atoms in total. The molecule has 0 atom stereocenters. The number of fused-ring (bicyclic) bond motifs is 1. The summed E-state index contributed by atoms with van der Waals surface area (Å²) in [6, 6.07) is 14.2. The number of imidazole rings is 1. The number of benzene rings is 2. The van der Waals surface area contributed by atoms with E-state index in [4.69, 9.17) is 4.74 Å². The molecular formula is C24H21FN6O3S2. The Kier molecular flexibility index (Phi) is 6.63. The van der Waals surface area contributed by atoms with Crippen molar-refractivity contribution in [3.05, 3.63) is 78.2 Å². The maximum Gasteiger partial charge on any atom is 0.240 e. The summed E-state index contributed by atoms with van der Waals surface area (Å²) in [4.78, 5) is 14.4. The Labute approximate surface area is 210 Å². The lowest BCUT2D eigenvalue weighted by Crippen LogP contribution is -2.29. The van der Waals surface area contributed by atoms with Crippen LogP contribution in [0.1, 0.15) is 0 Å². The predicted molar refractivity (Wildman–Crippen MR) is 136 cm³/mol. The molecule has 0 aliphatic carbocycles. The molecule has 0 aliphatic heterocycles. The molecule has 0 fully saturated rings. The number of methoxy groups -OCH3 is 1. The summed E-state index contributed by atoms with van der Waals surface area (Å²) in [5.74, 6) is 0.551. The minimum Gasteiger partial charge on any atom is -0.497 e. The smallest absolute Gasteiger partial charge is 0.240 e. The molecule has 184 valence electrons. The predicted octanol–water partition coefficient (Wildman–Crippen LogP) is 4.06. The van der Waals surface area contributed by atoms with E-state index >= 15 is 0 Å². The molecule has 12 heteroatoms. The number of hydrogen-bond donors (Lipinski definition) is 2. The molecule has 0 unspecified atom stereocenters. The van der Waals surface area contributed by atoms with Gasteiger partial charge in [0.15, 0.2) is 4.96 Å². The van der Waals surface area contributed by atoms with Gasteiger partial charge in [0.2, 0.25) is 16.0 Å². The Morgan fingerprint density at radius 3 is 2.69 bits per heavy atom. The molecule has 0 bridgehead atoms. The van der Waals surface area contributed by atoms with E-state index in [0.29, 0.717) is 34.3 Å². The summed E-state index contributed by atoms with van der Waals surface area (Å²) < 4.78 is 48.4. The van der Waals surface area contributed by atoms with Crippen molar-refractivity contribution in [3.63, 3.8) is 0 Å². The van der Waals surface area contributed by atoms with Crippen LogP contribution in [0.25, 0.3) is 27.6 Å². The van der Waals surface area contributed by atoms with Crippen LogP contribution < -0.4 is 14.8 Å². The van der Waals surface area contributed by atoms with Gasteiger partial charge < -0.3 is 10.1 Å². The van der Waals surface area contributed by atoms with Gasteiger partial charge >= 0.3 is 0 Å². The third-order valence-corrected chi connectivity index (χ3v) is 7.56. The summed E-state index contributed by atoms with van der Waals surface area (Å²) in [5.41, 5.74) is 2.55. The number of anilines is 1. The molecule has 0 saturated heterocycles. The van der Waals surface area contributed by atoms with Crippen molar-refractivity contribution >= 4 is 32.3 Å². The Balaban J connectivity index is 1.32. The molecule has 0 aliphatic rings. The Bertz CT molecular complexity index is 1620. The first-order chi connectivity index (χ1) is 17.4. The van der Waals surface area contributed by atoms with E-state index in [1.54, 1.807) is 36.5 Å². The first kappa shape index (κ1) is 23.9. The van der Waals surface area contributed by atoms with Crippen molar-refractivity contribution in [2.45, 2.75) is 4.90 Å². The van der Waals surface area contributed by atoms with Gasteiger partial charge in [-0.3, -0.25) is 4.40 Å². The van der Waals surface area contributed by atoms with Gasteiger partial charge in [-0.1, -0.05) is 12.1 Å². The number of sulfonamides is 1. The highest BCUT2D eigenvalue weighted by atomic mass is 32.2. The van der Waals surface area contributed by atoms with Gasteiger partial charge in [-0.05, 0) is 42.5 Å². The Hall–Kier alpha value is -3.87. The number of thiazole rings is 1. The monoisotopic (exact) mass is 524 g/mol. The maximum absolute atomic E-state index is 13.9. The van der Waals surface area contributed by atoms with E-state index in [2.05, 4.69) is 25.0 Å². The largest absolute Gasteiger partial charge is 0.497 e. The van der Waals surface area contributed by atoms with Crippen molar-refractivity contribution in [1.29, 1.82) is 0 Å². The van der Waals surface area contributed by atoms with Gasteiger partial charge in [0.05, 0.1) is 23.4 Å². The molecule has 2 N–H and O–H groups in total. The summed E-state index contributed by atoms with van der Waals surface area (Å²) in [6.45, 7) is 0.383. The second-order valence-corrected chi connectivity index (χ2v) is 10.3. The van der Waals surface area contributed by atoms with Crippen molar-refractivity contribution in [1.82, 2.24) is 24.1 Å². The van der Waals surface area contributed by atoms with Crippen LogP contribution in [0.4, 0.5) is 10.3 Å². The molecule has 0 saturated carbocycles. The van der Waals surface area contributed by atoms with E-state index in [1.165, 1.54) is 42.7 Å². The fraction of sp³-hybridized carbons (Fsp3) is 0.125. The van der Waals surface area contributed by atoms with Gasteiger partial charge in [0.1, 0.15) is 17.3 Å². The van der Waals surface area contributed by atoms with Gasteiger partial charge in [0.25, 0.3) is 0 Å². The van der Waals surface area contributed by atoms with Gasteiger partial charge in [-0.25, -0.2) is 32.5 Å². The van der Waals surface area contributed by atoms with Gasteiger partial charge in [-0.2, -0.15) is 0 Å². The number of rotatable bonds is 9. The fourth-order valence-corrected chi connectivity index (χ4v) is 5.39. The van der Waals surface area contributed by atoms with Crippen LogP contribution >= 0.6 is 11.3 Å². The first-order valence-electron chi connectivity index (χ1n) is 10.9. The second-order valence-electron chi connectivity index (χ2n) is 7.64. The van der Waals surface area contributed by atoms with Crippen molar-refractivity contribution in [3.8, 4) is 28.4 Å². The zero-order valence-corrected chi connectivity index (χ0v) is 20.7. The molecule has 0 spiro atoms. The SMILES string of the molecule is COc1ccc(S(=O)(=O)NCCNc2nccc(-c3c(-c4cccc(F)c4)nc4sccn34)n2)cc1. The van der Waals surface area contributed by atoms with Crippen LogP contribution in [0.3, 0.4) is 0 Å². The zero-order chi connectivity index (χ0) is 25.1. The number of nitrogens with zero attached hydrogens (tertiary/aromatic N) is 4. The first-order valence-corrected chi connectivity index (χ1v) is 13.2. The van der Waals surface area contributed by atoms with E-state index in [9.17, 15) is 12.8 Å². The third-order valence-electron chi connectivity index (χ3n) is 5.33. The molecule has 0 radical (unpaired) electrons. The van der Waals surface area contributed by atoms with E-state index in [-0.39, 0.29) is 23.8 Å². The van der Waals surface area contributed by atoms with Gasteiger partial charge in [-0.15, -0.1) is 11.3 Å². The summed E-state index contributed by atoms with van der Waals surface area (Å²) in [7, 11) is -2.15. The number of aromatic nitrogens is 4. The maximum atomic E-state index is 13.9. The molecular weight excluding hydrogens is 503 g/mol. The topological polar surface area (TPSA) is 111 Å². The average molecular weight is 525 g/mol. The molecule has 36 heavy (non-hydrogen) atoms. The van der Waals surface area contributed by atoms with Crippen molar-refractivity contribution in [2.75, 3.05) is 25.5 Å². The normalized spacial score (nSPS) is 11.6. The van der Waals surface area contributed by atoms with Crippen LogP contribution in [0.2, 0.25) is 0 Å². The summed E-state index contributed by atoms with van der Waals surface area (Å²) >= 11 is 1.47. The van der Waals surface area contributed by atoms with Crippen LogP contribution in [0.5, 0.6) is 5.75 Å². The highest BCUT2D eigenvalue weighted by Gasteiger charge is 2.19. The van der Waals surface area contributed by atoms with E-state index < -0.39 is 10.0 Å². The highest BCUT2D eigenvalue weighted by molar-refractivity contribution is 7.89. The fourth-order valence-electron chi connectivity index (χ4n) is 3.64. The number of nitrogens with one attached hydrogen (secondary N) is 2.